The highest BCUT2D eigenvalue weighted by Crippen LogP contribution is 2.38. The van der Waals surface area contributed by atoms with Crippen molar-refractivity contribution in [2.75, 3.05) is 13.7 Å². The van der Waals surface area contributed by atoms with Crippen LogP contribution in [0.2, 0.25) is 18.1 Å². The van der Waals surface area contributed by atoms with E-state index in [0.717, 1.165) is 23.2 Å². The maximum atomic E-state index is 6.32. The average Bonchev–Trinajstić information content (AvgIpc) is 2.28. The molecule has 4 heteroatoms. The molecule has 0 spiro atoms. The standard InChI is InChI=1S/C15H25BrO2Si/c1-15(2,3)19(5,6)18-13-7-8-14(16)12(11-13)9-10-17-4/h7-8,11H,9-10H2,1-6H3. The quantitative estimate of drug-likeness (QED) is 0.698. The molecular weight excluding hydrogens is 320 g/mol. The molecule has 2 nitrogen and oxygen atoms in total. The molecule has 0 saturated heterocycles. The van der Waals surface area contributed by atoms with Crippen molar-refractivity contribution in [3.8, 4) is 5.75 Å². The van der Waals surface area contributed by atoms with Gasteiger partial charge < -0.3 is 9.16 Å². The number of methoxy groups -OCH3 is 1. The number of halogens is 1. The Hall–Kier alpha value is -0.323. The van der Waals surface area contributed by atoms with Crippen molar-refractivity contribution in [2.45, 2.75) is 45.3 Å². The second-order valence-electron chi connectivity index (χ2n) is 6.36. The molecule has 0 saturated carbocycles. The summed E-state index contributed by atoms with van der Waals surface area (Å²) in [7, 11) is -0.0378. The second kappa shape index (κ2) is 6.42. The number of rotatable bonds is 5. The number of ether oxygens (including phenoxy) is 1. The number of benzene rings is 1. The van der Waals surface area contributed by atoms with E-state index in [-0.39, 0.29) is 5.04 Å². The van der Waals surface area contributed by atoms with Crippen molar-refractivity contribution in [3.63, 3.8) is 0 Å². The summed E-state index contributed by atoms with van der Waals surface area (Å²) in [6, 6.07) is 6.23. The van der Waals surface area contributed by atoms with Gasteiger partial charge in [0, 0.05) is 11.6 Å². The summed E-state index contributed by atoms with van der Waals surface area (Å²) < 4.78 is 12.6. The molecule has 0 bridgehead atoms. The van der Waals surface area contributed by atoms with Gasteiger partial charge in [-0.15, -0.1) is 0 Å². The summed E-state index contributed by atoms with van der Waals surface area (Å²) >= 11 is 3.58. The molecule has 19 heavy (non-hydrogen) atoms. The van der Waals surface area contributed by atoms with Gasteiger partial charge in [-0.2, -0.15) is 0 Å². The Labute approximate surface area is 126 Å². The summed E-state index contributed by atoms with van der Waals surface area (Å²) in [5, 5.41) is 0.215. The maximum absolute atomic E-state index is 6.32. The van der Waals surface area contributed by atoms with E-state index < -0.39 is 8.32 Å². The van der Waals surface area contributed by atoms with Crippen molar-refractivity contribution >= 4 is 24.2 Å². The van der Waals surface area contributed by atoms with Crippen LogP contribution in [-0.2, 0) is 11.2 Å². The molecule has 1 rings (SSSR count). The van der Waals surface area contributed by atoms with E-state index in [0.29, 0.717) is 0 Å². The van der Waals surface area contributed by atoms with Crippen molar-refractivity contribution in [1.82, 2.24) is 0 Å². The fourth-order valence-electron chi connectivity index (χ4n) is 1.47. The number of hydrogen-bond donors (Lipinski definition) is 0. The summed E-state index contributed by atoms with van der Waals surface area (Å²) in [6.07, 6.45) is 0.895. The first-order valence-electron chi connectivity index (χ1n) is 6.64. The Morgan fingerprint density at radius 3 is 2.37 bits per heavy atom. The first kappa shape index (κ1) is 16.7. The molecule has 0 fully saturated rings. The third kappa shape index (κ3) is 4.62. The van der Waals surface area contributed by atoms with Gasteiger partial charge in [-0.25, -0.2) is 0 Å². The summed E-state index contributed by atoms with van der Waals surface area (Å²) in [4.78, 5) is 0. The Balaban J connectivity index is 2.91. The van der Waals surface area contributed by atoms with Crippen LogP contribution >= 0.6 is 15.9 Å². The molecule has 0 aliphatic heterocycles. The van der Waals surface area contributed by atoms with E-state index in [1.165, 1.54) is 5.56 Å². The van der Waals surface area contributed by atoms with Crippen LogP contribution in [0.1, 0.15) is 26.3 Å². The van der Waals surface area contributed by atoms with E-state index in [2.05, 4.69) is 61.9 Å². The maximum Gasteiger partial charge on any atom is 0.250 e. The third-order valence-electron chi connectivity index (χ3n) is 3.77. The minimum absolute atomic E-state index is 0.215. The zero-order valence-corrected chi connectivity index (χ0v) is 15.4. The molecule has 0 aromatic heterocycles. The van der Waals surface area contributed by atoms with Crippen LogP contribution in [-0.4, -0.2) is 22.0 Å². The highest BCUT2D eigenvalue weighted by molar-refractivity contribution is 9.10. The molecule has 0 amide bonds. The summed E-state index contributed by atoms with van der Waals surface area (Å²) in [5.74, 6) is 0.973. The molecule has 0 aliphatic carbocycles. The van der Waals surface area contributed by atoms with E-state index >= 15 is 0 Å². The van der Waals surface area contributed by atoms with E-state index in [9.17, 15) is 0 Å². The van der Waals surface area contributed by atoms with Crippen molar-refractivity contribution < 1.29 is 9.16 Å². The fourth-order valence-corrected chi connectivity index (χ4v) is 2.93. The first-order chi connectivity index (χ1) is 8.67. The zero-order chi connectivity index (χ0) is 14.7. The van der Waals surface area contributed by atoms with Gasteiger partial charge in [0.2, 0.25) is 8.32 Å². The minimum atomic E-state index is -1.76. The fraction of sp³-hybridized carbons (Fsp3) is 0.600. The lowest BCUT2D eigenvalue weighted by Gasteiger charge is -2.36. The Kier molecular flexibility index (Phi) is 5.65. The summed E-state index contributed by atoms with van der Waals surface area (Å²) in [5.41, 5.74) is 1.23. The average molecular weight is 345 g/mol. The largest absolute Gasteiger partial charge is 0.543 e. The predicted molar refractivity (Wildman–Crippen MR) is 87.5 cm³/mol. The number of hydrogen-bond acceptors (Lipinski definition) is 2. The molecule has 0 atom stereocenters. The molecule has 1 aromatic carbocycles. The topological polar surface area (TPSA) is 18.5 Å². The summed E-state index contributed by atoms with van der Waals surface area (Å²) in [6.45, 7) is 12.0. The Bertz CT molecular complexity index is 425. The monoisotopic (exact) mass is 344 g/mol. The van der Waals surface area contributed by atoms with Crippen LogP contribution in [0, 0.1) is 0 Å². The van der Waals surface area contributed by atoms with Gasteiger partial charge in [-0.05, 0) is 48.3 Å². The lowest BCUT2D eigenvalue weighted by molar-refractivity contribution is 0.202. The van der Waals surface area contributed by atoms with Gasteiger partial charge in [0.1, 0.15) is 5.75 Å². The van der Waals surface area contributed by atoms with E-state index in [1.54, 1.807) is 7.11 Å². The lowest BCUT2D eigenvalue weighted by atomic mass is 10.1. The van der Waals surface area contributed by atoms with Crippen LogP contribution in [0.5, 0.6) is 5.75 Å². The molecule has 0 aliphatic rings. The SMILES string of the molecule is COCCc1cc(O[Si](C)(C)C(C)(C)C)ccc1Br. The smallest absolute Gasteiger partial charge is 0.250 e. The highest BCUT2D eigenvalue weighted by Gasteiger charge is 2.38. The molecular formula is C15H25BrO2Si. The lowest BCUT2D eigenvalue weighted by Crippen LogP contribution is -2.43. The molecule has 0 N–H and O–H groups in total. The van der Waals surface area contributed by atoms with E-state index in [4.69, 9.17) is 9.16 Å². The Morgan fingerprint density at radius 2 is 1.84 bits per heavy atom. The molecule has 0 radical (unpaired) electrons. The van der Waals surface area contributed by atoms with Crippen molar-refractivity contribution in [3.05, 3.63) is 28.2 Å². The second-order valence-corrected chi connectivity index (χ2v) is 11.9. The van der Waals surface area contributed by atoms with Gasteiger partial charge in [-0.3, -0.25) is 0 Å². The molecule has 0 heterocycles. The minimum Gasteiger partial charge on any atom is -0.543 e. The Morgan fingerprint density at radius 1 is 1.21 bits per heavy atom. The van der Waals surface area contributed by atoms with Gasteiger partial charge in [0.15, 0.2) is 0 Å². The molecule has 108 valence electrons. The van der Waals surface area contributed by atoms with Crippen molar-refractivity contribution in [1.29, 1.82) is 0 Å². The third-order valence-corrected chi connectivity index (χ3v) is 8.90. The van der Waals surface area contributed by atoms with Gasteiger partial charge in [0.25, 0.3) is 0 Å². The highest BCUT2D eigenvalue weighted by atomic mass is 79.9. The zero-order valence-electron chi connectivity index (χ0n) is 12.8. The van der Waals surface area contributed by atoms with Gasteiger partial charge in [0.05, 0.1) is 6.61 Å². The van der Waals surface area contributed by atoms with Crippen molar-refractivity contribution in [2.24, 2.45) is 0 Å². The van der Waals surface area contributed by atoms with Gasteiger partial charge in [-0.1, -0.05) is 36.7 Å². The van der Waals surface area contributed by atoms with Crippen LogP contribution in [0.25, 0.3) is 0 Å². The van der Waals surface area contributed by atoms with Crippen LogP contribution < -0.4 is 4.43 Å². The van der Waals surface area contributed by atoms with Crippen LogP contribution in [0.15, 0.2) is 22.7 Å². The predicted octanol–water partition coefficient (Wildman–Crippen LogP) is 5.02. The normalized spacial score (nSPS) is 12.6. The van der Waals surface area contributed by atoms with E-state index in [1.807, 2.05) is 6.07 Å². The first-order valence-corrected chi connectivity index (χ1v) is 10.3. The van der Waals surface area contributed by atoms with Crippen LogP contribution in [0.3, 0.4) is 0 Å². The molecule has 1 aromatic rings. The molecule has 0 unspecified atom stereocenters. The van der Waals surface area contributed by atoms with Gasteiger partial charge >= 0.3 is 0 Å². The van der Waals surface area contributed by atoms with Crippen LogP contribution in [0.4, 0.5) is 0 Å².